The molecular formula is C11H11BrFNO4. The molecule has 0 spiro atoms. The molecule has 2 N–H and O–H groups in total. The molecule has 0 aliphatic carbocycles. The van der Waals surface area contributed by atoms with Gasteiger partial charge >= 0.3 is 5.97 Å². The van der Waals surface area contributed by atoms with Crippen molar-refractivity contribution in [2.24, 2.45) is 0 Å². The predicted octanol–water partition coefficient (Wildman–Crippen LogP) is 1.42. The lowest BCUT2D eigenvalue weighted by atomic mass is 10.2. The Labute approximate surface area is 111 Å². The zero-order chi connectivity index (χ0) is 13.5. The van der Waals surface area contributed by atoms with Crippen LogP contribution in [-0.2, 0) is 9.53 Å². The number of nitrogens with one attached hydrogen (secondary N) is 1. The highest BCUT2D eigenvalue weighted by molar-refractivity contribution is 9.10. The monoisotopic (exact) mass is 319 g/mol. The van der Waals surface area contributed by atoms with Crippen molar-refractivity contribution in [3.05, 3.63) is 34.1 Å². The van der Waals surface area contributed by atoms with Gasteiger partial charge in [-0.15, -0.1) is 0 Å². The van der Waals surface area contributed by atoms with E-state index in [9.17, 15) is 14.0 Å². The van der Waals surface area contributed by atoms with E-state index in [0.717, 1.165) is 0 Å². The minimum atomic E-state index is -1.07. The molecule has 98 valence electrons. The molecule has 0 radical (unpaired) electrons. The van der Waals surface area contributed by atoms with E-state index in [4.69, 9.17) is 9.84 Å². The molecule has 1 rings (SSSR count). The van der Waals surface area contributed by atoms with Gasteiger partial charge < -0.3 is 15.2 Å². The van der Waals surface area contributed by atoms with Crippen LogP contribution in [-0.4, -0.2) is 36.7 Å². The lowest BCUT2D eigenvalue weighted by Gasteiger charge is -2.05. The Hall–Kier alpha value is -1.47. The quantitative estimate of drug-likeness (QED) is 0.777. The average Bonchev–Trinajstić information content (AvgIpc) is 2.31. The molecule has 1 aromatic carbocycles. The standard InChI is InChI=1S/C11H11BrFNO4/c12-8-5-7(1-2-9(8)13)11(17)14-3-4-18-6-10(15)16/h1-2,5H,3-4,6H2,(H,14,17)(H,15,16). The second-order valence-electron chi connectivity index (χ2n) is 3.33. The van der Waals surface area contributed by atoms with E-state index in [1.165, 1.54) is 18.2 Å². The van der Waals surface area contributed by atoms with E-state index >= 15 is 0 Å². The summed E-state index contributed by atoms with van der Waals surface area (Å²) in [6.45, 7) is -0.126. The highest BCUT2D eigenvalue weighted by Gasteiger charge is 2.07. The molecule has 0 fully saturated rings. The van der Waals surface area contributed by atoms with Gasteiger partial charge in [0.2, 0.25) is 0 Å². The van der Waals surface area contributed by atoms with Gasteiger partial charge in [-0.25, -0.2) is 9.18 Å². The molecule has 1 aromatic rings. The van der Waals surface area contributed by atoms with Gasteiger partial charge in [-0.1, -0.05) is 0 Å². The van der Waals surface area contributed by atoms with Crippen LogP contribution in [0.4, 0.5) is 4.39 Å². The minimum absolute atomic E-state index is 0.0976. The number of carbonyl (C=O) groups excluding carboxylic acids is 1. The Kier molecular flexibility index (Phi) is 5.73. The van der Waals surface area contributed by atoms with Crippen LogP contribution in [0.3, 0.4) is 0 Å². The number of aliphatic carboxylic acids is 1. The van der Waals surface area contributed by atoms with Crippen molar-refractivity contribution in [1.82, 2.24) is 5.32 Å². The van der Waals surface area contributed by atoms with Gasteiger partial charge in [0.25, 0.3) is 5.91 Å². The molecule has 0 unspecified atom stereocenters. The van der Waals surface area contributed by atoms with Crippen LogP contribution in [0.5, 0.6) is 0 Å². The Morgan fingerprint density at radius 3 is 2.78 bits per heavy atom. The van der Waals surface area contributed by atoms with Crippen molar-refractivity contribution in [2.75, 3.05) is 19.8 Å². The summed E-state index contributed by atoms with van der Waals surface area (Å²) in [4.78, 5) is 21.7. The van der Waals surface area contributed by atoms with E-state index in [-0.39, 0.29) is 23.5 Å². The van der Waals surface area contributed by atoms with E-state index in [1.54, 1.807) is 0 Å². The number of hydrogen-bond donors (Lipinski definition) is 2. The minimum Gasteiger partial charge on any atom is -0.480 e. The molecular weight excluding hydrogens is 309 g/mol. The summed E-state index contributed by atoms with van der Waals surface area (Å²) in [5.74, 6) is -1.89. The first-order chi connectivity index (χ1) is 8.50. The second kappa shape index (κ2) is 7.07. The van der Waals surface area contributed by atoms with Crippen molar-refractivity contribution in [3.63, 3.8) is 0 Å². The van der Waals surface area contributed by atoms with Crippen molar-refractivity contribution >= 4 is 27.8 Å². The van der Waals surface area contributed by atoms with Gasteiger partial charge in [0.15, 0.2) is 0 Å². The molecule has 7 heteroatoms. The number of amides is 1. The van der Waals surface area contributed by atoms with Crippen LogP contribution in [0.15, 0.2) is 22.7 Å². The highest BCUT2D eigenvalue weighted by atomic mass is 79.9. The molecule has 0 aliphatic heterocycles. The van der Waals surface area contributed by atoms with Gasteiger partial charge in [0.05, 0.1) is 11.1 Å². The van der Waals surface area contributed by atoms with Crippen molar-refractivity contribution in [1.29, 1.82) is 0 Å². The lowest BCUT2D eigenvalue weighted by Crippen LogP contribution is -2.27. The maximum absolute atomic E-state index is 12.9. The fraction of sp³-hybridized carbons (Fsp3) is 0.273. The first-order valence-electron chi connectivity index (χ1n) is 5.03. The number of hydrogen-bond acceptors (Lipinski definition) is 3. The zero-order valence-corrected chi connectivity index (χ0v) is 10.9. The third-order valence-corrected chi connectivity index (χ3v) is 2.55. The molecule has 18 heavy (non-hydrogen) atoms. The maximum Gasteiger partial charge on any atom is 0.329 e. The average molecular weight is 320 g/mol. The molecule has 0 bridgehead atoms. The fourth-order valence-electron chi connectivity index (χ4n) is 1.14. The van der Waals surface area contributed by atoms with Crippen LogP contribution in [0.25, 0.3) is 0 Å². The lowest BCUT2D eigenvalue weighted by molar-refractivity contribution is -0.142. The first kappa shape index (κ1) is 14.6. The van der Waals surface area contributed by atoms with E-state index in [2.05, 4.69) is 21.2 Å². The van der Waals surface area contributed by atoms with Gasteiger partial charge in [0.1, 0.15) is 12.4 Å². The molecule has 0 atom stereocenters. The maximum atomic E-state index is 12.9. The number of benzene rings is 1. The van der Waals surface area contributed by atoms with Gasteiger partial charge in [-0.3, -0.25) is 4.79 Å². The third kappa shape index (κ3) is 4.80. The third-order valence-electron chi connectivity index (χ3n) is 1.94. The summed E-state index contributed by atoms with van der Waals surface area (Å²) in [7, 11) is 0. The van der Waals surface area contributed by atoms with Crippen LogP contribution in [0, 0.1) is 5.82 Å². The molecule has 0 saturated heterocycles. The first-order valence-corrected chi connectivity index (χ1v) is 5.83. The van der Waals surface area contributed by atoms with Crippen molar-refractivity contribution < 1.29 is 23.8 Å². The Balaban J connectivity index is 2.36. The summed E-state index contributed by atoms with van der Waals surface area (Å²) < 4.78 is 17.9. The summed E-state index contributed by atoms with van der Waals surface area (Å²) in [6, 6.07) is 3.90. The number of carboxylic acid groups (broad SMARTS) is 1. The van der Waals surface area contributed by atoms with Crippen molar-refractivity contribution in [3.8, 4) is 0 Å². The number of carbonyl (C=O) groups is 2. The summed E-state index contributed by atoms with van der Waals surface area (Å²) in [5, 5.41) is 10.8. The smallest absolute Gasteiger partial charge is 0.329 e. The topological polar surface area (TPSA) is 75.6 Å². The van der Waals surface area contributed by atoms with Gasteiger partial charge in [-0.2, -0.15) is 0 Å². The SMILES string of the molecule is O=C(O)COCCNC(=O)c1ccc(F)c(Br)c1. The Bertz CT molecular complexity index is 453. The number of ether oxygens (including phenoxy) is 1. The zero-order valence-electron chi connectivity index (χ0n) is 9.28. The summed E-state index contributed by atoms with van der Waals surface area (Å²) >= 11 is 2.98. The van der Waals surface area contributed by atoms with Gasteiger partial charge in [-0.05, 0) is 34.1 Å². The normalized spacial score (nSPS) is 10.1. The molecule has 0 heterocycles. The molecule has 0 saturated carbocycles. The summed E-state index contributed by atoms with van der Waals surface area (Å²) in [6.07, 6.45) is 0. The number of halogens is 2. The van der Waals surface area contributed by atoms with Crippen LogP contribution in [0.2, 0.25) is 0 Å². The predicted molar refractivity (Wildman–Crippen MR) is 64.9 cm³/mol. The number of rotatable bonds is 6. The molecule has 0 aliphatic rings. The van der Waals surface area contributed by atoms with Crippen LogP contribution < -0.4 is 5.32 Å². The van der Waals surface area contributed by atoms with E-state index < -0.39 is 18.4 Å². The molecule has 0 aromatic heterocycles. The van der Waals surface area contributed by atoms with E-state index in [0.29, 0.717) is 5.56 Å². The van der Waals surface area contributed by atoms with Crippen LogP contribution >= 0.6 is 15.9 Å². The van der Waals surface area contributed by atoms with Crippen LogP contribution in [0.1, 0.15) is 10.4 Å². The van der Waals surface area contributed by atoms with Gasteiger partial charge in [0, 0.05) is 12.1 Å². The molecule has 5 nitrogen and oxygen atoms in total. The molecule has 1 amide bonds. The second-order valence-corrected chi connectivity index (χ2v) is 4.19. The largest absolute Gasteiger partial charge is 0.480 e. The number of carboxylic acids is 1. The Morgan fingerprint density at radius 1 is 1.44 bits per heavy atom. The van der Waals surface area contributed by atoms with E-state index in [1.807, 2.05) is 0 Å². The highest BCUT2D eigenvalue weighted by Crippen LogP contribution is 2.16. The summed E-state index contributed by atoms with van der Waals surface area (Å²) in [5.41, 5.74) is 0.307. The Morgan fingerprint density at radius 2 is 2.17 bits per heavy atom. The fourth-order valence-corrected chi connectivity index (χ4v) is 1.51. The van der Waals surface area contributed by atoms with Crippen molar-refractivity contribution in [2.45, 2.75) is 0 Å².